The summed E-state index contributed by atoms with van der Waals surface area (Å²) < 4.78 is 0. The standard InChI is InChI=1S/C20H15BO2/c22-21(23)17-9-5-8-16(13-17)20-18-10-3-1-6-14(18)12-15-7-2-4-11-19(15)20/h1-13,22-23H. The Morgan fingerprint density at radius 3 is 1.83 bits per heavy atom. The predicted octanol–water partition coefficient (Wildman–Crippen LogP) is 3.34. The van der Waals surface area contributed by atoms with Crippen LogP contribution in [0.15, 0.2) is 78.9 Å². The second kappa shape index (κ2) is 5.54. The van der Waals surface area contributed by atoms with Gasteiger partial charge < -0.3 is 10.0 Å². The first-order valence-corrected chi connectivity index (χ1v) is 7.61. The zero-order valence-electron chi connectivity index (χ0n) is 12.5. The maximum atomic E-state index is 9.48. The lowest BCUT2D eigenvalue weighted by atomic mass is 9.78. The first kappa shape index (κ1) is 14.0. The number of hydrogen-bond donors (Lipinski definition) is 2. The van der Waals surface area contributed by atoms with Crippen LogP contribution < -0.4 is 5.46 Å². The third kappa shape index (κ3) is 2.40. The molecule has 0 amide bonds. The van der Waals surface area contributed by atoms with Gasteiger partial charge in [0.05, 0.1) is 0 Å². The second-order valence-corrected chi connectivity index (χ2v) is 5.69. The monoisotopic (exact) mass is 298 g/mol. The molecule has 4 rings (SSSR count). The molecule has 0 unspecified atom stereocenters. The Kier molecular flexibility index (Phi) is 3.38. The van der Waals surface area contributed by atoms with E-state index in [1.54, 1.807) is 6.07 Å². The first-order chi connectivity index (χ1) is 11.2. The third-order valence-corrected chi connectivity index (χ3v) is 4.24. The normalized spacial score (nSPS) is 11.0. The molecular formula is C20H15BO2. The maximum absolute atomic E-state index is 9.48. The molecule has 4 aromatic rings. The van der Waals surface area contributed by atoms with Crippen LogP contribution in [0.1, 0.15) is 0 Å². The van der Waals surface area contributed by atoms with Crippen LogP contribution in [0.4, 0.5) is 0 Å². The van der Waals surface area contributed by atoms with E-state index in [9.17, 15) is 10.0 Å². The van der Waals surface area contributed by atoms with E-state index in [1.807, 2.05) is 42.5 Å². The summed E-state index contributed by atoms with van der Waals surface area (Å²) in [5.41, 5.74) is 2.62. The quantitative estimate of drug-likeness (QED) is 0.440. The fourth-order valence-corrected chi connectivity index (χ4v) is 3.18. The van der Waals surface area contributed by atoms with Crippen molar-refractivity contribution in [3.05, 3.63) is 78.9 Å². The Balaban J connectivity index is 2.13. The van der Waals surface area contributed by atoms with Crippen LogP contribution in [0.5, 0.6) is 0 Å². The van der Waals surface area contributed by atoms with Crippen molar-refractivity contribution in [2.45, 2.75) is 0 Å². The fraction of sp³-hybridized carbons (Fsp3) is 0. The number of benzene rings is 4. The van der Waals surface area contributed by atoms with E-state index in [-0.39, 0.29) is 0 Å². The van der Waals surface area contributed by atoms with E-state index in [2.05, 4.69) is 30.3 Å². The molecule has 0 radical (unpaired) electrons. The smallest absolute Gasteiger partial charge is 0.423 e. The summed E-state index contributed by atoms with van der Waals surface area (Å²) in [6.07, 6.45) is 0. The van der Waals surface area contributed by atoms with Crippen molar-refractivity contribution < 1.29 is 10.0 Å². The molecule has 0 saturated heterocycles. The van der Waals surface area contributed by atoms with Crippen molar-refractivity contribution in [3.63, 3.8) is 0 Å². The van der Waals surface area contributed by atoms with E-state index in [1.165, 1.54) is 10.8 Å². The summed E-state index contributed by atoms with van der Waals surface area (Å²) in [5.74, 6) is 0. The molecule has 0 aliphatic heterocycles. The van der Waals surface area contributed by atoms with Gasteiger partial charge in [-0.2, -0.15) is 0 Å². The average Bonchev–Trinajstić information content (AvgIpc) is 2.59. The molecule has 0 fully saturated rings. The SMILES string of the molecule is OB(O)c1cccc(-c2c3ccccc3cc3ccccc23)c1. The summed E-state index contributed by atoms with van der Waals surface area (Å²) in [5, 5.41) is 23.6. The van der Waals surface area contributed by atoms with E-state index in [0.29, 0.717) is 5.46 Å². The Bertz CT molecular complexity index is 954. The van der Waals surface area contributed by atoms with Crippen LogP contribution in [0.2, 0.25) is 0 Å². The van der Waals surface area contributed by atoms with Crippen molar-refractivity contribution in [2.75, 3.05) is 0 Å². The Morgan fingerprint density at radius 2 is 1.22 bits per heavy atom. The molecule has 0 spiro atoms. The molecule has 3 heteroatoms. The summed E-state index contributed by atoms with van der Waals surface area (Å²) in [6.45, 7) is 0. The third-order valence-electron chi connectivity index (χ3n) is 4.24. The lowest BCUT2D eigenvalue weighted by Crippen LogP contribution is -2.29. The van der Waals surface area contributed by atoms with Crippen LogP contribution in [-0.2, 0) is 0 Å². The Morgan fingerprint density at radius 1 is 0.609 bits per heavy atom. The molecular weight excluding hydrogens is 283 g/mol. The van der Waals surface area contributed by atoms with Crippen LogP contribution >= 0.6 is 0 Å². The summed E-state index contributed by atoms with van der Waals surface area (Å²) in [7, 11) is -1.46. The highest BCUT2D eigenvalue weighted by molar-refractivity contribution is 6.58. The highest BCUT2D eigenvalue weighted by atomic mass is 16.4. The number of fused-ring (bicyclic) bond motifs is 2. The molecule has 0 saturated carbocycles. The van der Waals surface area contributed by atoms with Gasteiger partial charge in [0.15, 0.2) is 0 Å². The molecule has 0 aliphatic carbocycles. The molecule has 2 N–H and O–H groups in total. The first-order valence-electron chi connectivity index (χ1n) is 7.61. The highest BCUT2D eigenvalue weighted by Crippen LogP contribution is 2.35. The molecule has 0 bridgehead atoms. The average molecular weight is 298 g/mol. The minimum atomic E-state index is -1.46. The van der Waals surface area contributed by atoms with Gasteiger partial charge in [-0.3, -0.25) is 0 Å². The van der Waals surface area contributed by atoms with Crippen LogP contribution in [0, 0.1) is 0 Å². The number of rotatable bonds is 2. The topological polar surface area (TPSA) is 40.5 Å². The van der Waals surface area contributed by atoms with Crippen LogP contribution in [0.3, 0.4) is 0 Å². The van der Waals surface area contributed by atoms with E-state index < -0.39 is 7.12 Å². The van der Waals surface area contributed by atoms with Gasteiger partial charge in [0.2, 0.25) is 0 Å². The van der Waals surface area contributed by atoms with Gasteiger partial charge in [-0.15, -0.1) is 0 Å². The molecule has 0 heterocycles. The van der Waals surface area contributed by atoms with E-state index in [4.69, 9.17) is 0 Å². The molecule has 110 valence electrons. The summed E-state index contributed by atoms with van der Waals surface area (Å²) >= 11 is 0. The van der Waals surface area contributed by atoms with E-state index in [0.717, 1.165) is 21.9 Å². The Labute approximate surface area is 134 Å². The minimum Gasteiger partial charge on any atom is -0.423 e. The van der Waals surface area contributed by atoms with Gasteiger partial charge in [-0.05, 0) is 44.2 Å². The van der Waals surface area contributed by atoms with Gasteiger partial charge in [0.1, 0.15) is 0 Å². The van der Waals surface area contributed by atoms with Crippen LogP contribution in [-0.4, -0.2) is 17.2 Å². The largest absolute Gasteiger partial charge is 0.488 e. The fourth-order valence-electron chi connectivity index (χ4n) is 3.18. The molecule has 0 aromatic heterocycles. The van der Waals surface area contributed by atoms with E-state index >= 15 is 0 Å². The lowest BCUT2D eigenvalue weighted by Gasteiger charge is -2.13. The van der Waals surface area contributed by atoms with Crippen molar-refractivity contribution in [3.8, 4) is 11.1 Å². The minimum absolute atomic E-state index is 0.500. The molecule has 2 nitrogen and oxygen atoms in total. The zero-order valence-corrected chi connectivity index (χ0v) is 12.5. The van der Waals surface area contributed by atoms with Crippen molar-refractivity contribution in [2.24, 2.45) is 0 Å². The van der Waals surface area contributed by atoms with Gasteiger partial charge in [-0.25, -0.2) is 0 Å². The van der Waals surface area contributed by atoms with Crippen molar-refractivity contribution >= 4 is 34.1 Å². The van der Waals surface area contributed by atoms with Crippen LogP contribution in [0.25, 0.3) is 32.7 Å². The molecule has 0 aliphatic rings. The summed E-state index contributed by atoms with van der Waals surface area (Å²) in [6, 6.07) is 26.2. The van der Waals surface area contributed by atoms with Gasteiger partial charge in [0, 0.05) is 0 Å². The zero-order chi connectivity index (χ0) is 15.8. The Hall–Kier alpha value is -2.62. The summed E-state index contributed by atoms with van der Waals surface area (Å²) in [4.78, 5) is 0. The van der Waals surface area contributed by atoms with Gasteiger partial charge in [0.25, 0.3) is 0 Å². The molecule has 23 heavy (non-hydrogen) atoms. The predicted molar refractivity (Wildman–Crippen MR) is 96.7 cm³/mol. The highest BCUT2D eigenvalue weighted by Gasteiger charge is 2.14. The van der Waals surface area contributed by atoms with Crippen molar-refractivity contribution in [1.82, 2.24) is 0 Å². The second-order valence-electron chi connectivity index (χ2n) is 5.69. The van der Waals surface area contributed by atoms with Gasteiger partial charge >= 0.3 is 7.12 Å². The molecule has 4 aromatic carbocycles. The number of hydrogen-bond acceptors (Lipinski definition) is 2. The van der Waals surface area contributed by atoms with Gasteiger partial charge in [-0.1, -0.05) is 72.8 Å². The maximum Gasteiger partial charge on any atom is 0.488 e. The molecule has 0 atom stereocenters. The lowest BCUT2D eigenvalue weighted by molar-refractivity contribution is 0.426. The van der Waals surface area contributed by atoms with Crippen molar-refractivity contribution in [1.29, 1.82) is 0 Å².